The molecule has 0 atom stereocenters. The van der Waals surface area contributed by atoms with E-state index in [0.29, 0.717) is 17.8 Å². The van der Waals surface area contributed by atoms with Crippen molar-refractivity contribution >= 4 is 33.5 Å². The smallest absolute Gasteiger partial charge is 0.212 e. The summed E-state index contributed by atoms with van der Waals surface area (Å²) < 4.78 is 2.50. The second-order valence-electron chi connectivity index (χ2n) is 4.93. The summed E-state index contributed by atoms with van der Waals surface area (Å²) in [6, 6.07) is 7.66. The molecule has 0 aliphatic rings. The van der Waals surface area contributed by atoms with Gasteiger partial charge in [0.25, 0.3) is 0 Å². The Labute approximate surface area is 137 Å². The third-order valence-electron chi connectivity index (χ3n) is 3.12. The fourth-order valence-electron chi connectivity index (χ4n) is 1.93. The summed E-state index contributed by atoms with van der Waals surface area (Å²) in [6.07, 6.45) is 3.70. The van der Waals surface area contributed by atoms with Crippen molar-refractivity contribution in [1.29, 1.82) is 0 Å². The van der Waals surface area contributed by atoms with Gasteiger partial charge < -0.3 is 4.90 Å². The number of halogens is 1. The first-order valence-corrected chi connectivity index (χ1v) is 8.59. The van der Waals surface area contributed by atoms with E-state index >= 15 is 0 Å². The number of hydrogen-bond acceptors (Lipinski definition) is 4. The van der Waals surface area contributed by atoms with Crippen molar-refractivity contribution in [2.45, 2.75) is 11.4 Å². The van der Waals surface area contributed by atoms with Gasteiger partial charge in [0.1, 0.15) is 5.69 Å². The number of nitrogens with zero attached hydrogens (tertiary/aromatic N) is 3. The molecule has 0 amide bonds. The van der Waals surface area contributed by atoms with Gasteiger partial charge >= 0.3 is 0 Å². The van der Waals surface area contributed by atoms with Gasteiger partial charge in [-0.2, -0.15) is 5.10 Å². The monoisotopic (exact) mass is 367 g/mol. The molecule has 6 heteroatoms. The summed E-state index contributed by atoms with van der Waals surface area (Å²) in [5, 5.41) is 4.29. The number of carbonyl (C=O) groups is 1. The molecule has 0 saturated carbocycles. The van der Waals surface area contributed by atoms with Crippen LogP contribution in [0.1, 0.15) is 16.1 Å². The second kappa shape index (κ2) is 7.24. The van der Waals surface area contributed by atoms with E-state index in [1.807, 2.05) is 44.6 Å². The minimum Gasteiger partial charge on any atom is -0.308 e. The van der Waals surface area contributed by atoms with E-state index in [9.17, 15) is 4.79 Å². The third kappa shape index (κ3) is 3.96. The Hall–Kier alpha value is -1.11. The van der Waals surface area contributed by atoms with E-state index in [2.05, 4.69) is 25.9 Å². The SMILES string of the molecule is CSc1ccc(C(=O)c2c(Br)cnn2CCN(C)C)cc1. The molecular formula is C15H18BrN3OS. The summed E-state index contributed by atoms with van der Waals surface area (Å²) in [5.74, 6) is -0.00853. The first kappa shape index (κ1) is 16.3. The van der Waals surface area contributed by atoms with Crippen LogP contribution in [0.15, 0.2) is 39.8 Å². The van der Waals surface area contributed by atoms with Crippen LogP contribution in [0.25, 0.3) is 0 Å². The van der Waals surface area contributed by atoms with Gasteiger partial charge in [0.2, 0.25) is 5.78 Å². The predicted octanol–water partition coefficient (Wildman–Crippen LogP) is 3.16. The molecule has 4 nitrogen and oxygen atoms in total. The molecule has 0 aliphatic heterocycles. The van der Waals surface area contributed by atoms with Gasteiger partial charge in [-0.05, 0) is 60.5 Å². The highest BCUT2D eigenvalue weighted by Gasteiger charge is 2.18. The van der Waals surface area contributed by atoms with Gasteiger partial charge in [-0.1, -0.05) is 0 Å². The highest BCUT2D eigenvalue weighted by molar-refractivity contribution is 9.10. The zero-order valence-corrected chi connectivity index (χ0v) is 14.7. The largest absolute Gasteiger partial charge is 0.308 e. The number of rotatable bonds is 6. The van der Waals surface area contributed by atoms with Gasteiger partial charge in [-0.25, -0.2) is 0 Å². The van der Waals surface area contributed by atoms with E-state index in [-0.39, 0.29) is 5.78 Å². The zero-order chi connectivity index (χ0) is 15.4. The number of ketones is 1. The lowest BCUT2D eigenvalue weighted by Crippen LogP contribution is -2.21. The van der Waals surface area contributed by atoms with Gasteiger partial charge in [-0.15, -0.1) is 11.8 Å². The maximum atomic E-state index is 12.7. The molecule has 0 fully saturated rings. The standard InChI is InChI=1S/C15H18BrN3OS/c1-18(2)8-9-19-14(13(16)10-17-19)15(20)11-4-6-12(21-3)7-5-11/h4-7,10H,8-9H2,1-3H3. The Kier molecular flexibility index (Phi) is 5.61. The van der Waals surface area contributed by atoms with E-state index in [1.54, 1.807) is 22.6 Å². The van der Waals surface area contributed by atoms with E-state index in [0.717, 1.165) is 15.9 Å². The molecule has 0 bridgehead atoms. The molecule has 0 saturated heterocycles. The summed E-state index contributed by atoms with van der Waals surface area (Å²) in [6.45, 7) is 1.52. The van der Waals surface area contributed by atoms with E-state index in [4.69, 9.17) is 0 Å². The van der Waals surface area contributed by atoms with Crippen molar-refractivity contribution < 1.29 is 4.79 Å². The Morgan fingerprint density at radius 2 is 2.00 bits per heavy atom. The summed E-state index contributed by atoms with van der Waals surface area (Å²) in [4.78, 5) is 15.9. The average molecular weight is 368 g/mol. The fourth-order valence-corrected chi connectivity index (χ4v) is 2.82. The number of carbonyl (C=O) groups excluding carboxylic acids is 1. The lowest BCUT2D eigenvalue weighted by molar-refractivity contribution is 0.102. The molecule has 0 spiro atoms. The van der Waals surface area contributed by atoms with Crippen molar-refractivity contribution in [2.75, 3.05) is 26.9 Å². The average Bonchev–Trinajstić information content (AvgIpc) is 2.85. The Balaban J connectivity index is 2.27. The molecule has 0 unspecified atom stereocenters. The Bertz CT molecular complexity index is 622. The molecule has 2 rings (SSSR count). The van der Waals surface area contributed by atoms with Crippen molar-refractivity contribution in [1.82, 2.24) is 14.7 Å². The Morgan fingerprint density at radius 3 is 2.57 bits per heavy atom. The van der Waals surface area contributed by atoms with Crippen LogP contribution < -0.4 is 0 Å². The third-order valence-corrected chi connectivity index (χ3v) is 4.44. The lowest BCUT2D eigenvalue weighted by atomic mass is 10.1. The quantitative estimate of drug-likeness (QED) is 0.580. The van der Waals surface area contributed by atoms with Crippen molar-refractivity contribution in [3.8, 4) is 0 Å². The summed E-state index contributed by atoms with van der Waals surface area (Å²) in [5.41, 5.74) is 1.29. The number of thioether (sulfide) groups is 1. The Morgan fingerprint density at radius 1 is 1.33 bits per heavy atom. The van der Waals surface area contributed by atoms with Crippen LogP contribution in [0.4, 0.5) is 0 Å². The highest BCUT2D eigenvalue weighted by Crippen LogP contribution is 2.22. The first-order valence-electron chi connectivity index (χ1n) is 6.57. The molecule has 1 heterocycles. The molecule has 0 N–H and O–H groups in total. The van der Waals surface area contributed by atoms with Crippen molar-refractivity contribution in [3.63, 3.8) is 0 Å². The molecule has 0 aliphatic carbocycles. The van der Waals surface area contributed by atoms with Crippen LogP contribution in [0, 0.1) is 0 Å². The van der Waals surface area contributed by atoms with Crippen LogP contribution >= 0.6 is 27.7 Å². The molecular weight excluding hydrogens is 350 g/mol. The van der Waals surface area contributed by atoms with Crippen LogP contribution in [-0.2, 0) is 6.54 Å². The molecule has 112 valence electrons. The number of hydrogen-bond donors (Lipinski definition) is 0. The minimum absolute atomic E-state index is 0.00853. The van der Waals surface area contributed by atoms with Crippen LogP contribution in [0.3, 0.4) is 0 Å². The van der Waals surface area contributed by atoms with E-state index in [1.165, 1.54) is 0 Å². The van der Waals surface area contributed by atoms with Crippen molar-refractivity contribution in [2.24, 2.45) is 0 Å². The van der Waals surface area contributed by atoms with Gasteiger partial charge in [0.15, 0.2) is 0 Å². The normalized spacial score (nSPS) is 11.1. The molecule has 1 aromatic carbocycles. The van der Waals surface area contributed by atoms with Gasteiger partial charge in [-0.3, -0.25) is 9.48 Å². The first-order chi connectivity index (χ1) is 10.0. The zero-order valence-electron chi connectivity index (χ0n) is 12.3. The maximum Gasteiger partial charge on any atom is 0.212 e. The second-order valence-corrected chi connectivity index (χ2v) is 6.66. The highest BCUT2D eigenvalue weighted by atomic mass is 79.9. The fraction of sp³-hybridized carbons (Fsp3) is 0.333. The molecule has 2 aromatic rings. The van der Waals surface area contributed by atoms with Gasteiger partial charge in [0, 0.05) is 17.0 Å². The summed E-state index contributed by atoms with van der Waals surface area (Å²) >= 11 is 5.09. The molecule has 21 heavy (non-hydrogen) atoms. The summed E-state index contributed by atoms with van der Waals surface area (Å²) in [7, 11) is 4.00. The predicted molar refractivity (Wildman–Crippen MR) is 90.1 cm³/mol. The van der Waals surface area contributed by atoms with Crippen LogP contribution in [-0.4, -0.2) is 47.4 Å². The molecule has 1 aromatic heterocycles. The van der Waals surface area contributed by atoms with Gasteiger partial charge in [0.05, 0.1) is 17.2 Å². The van der Waals surface area contributed by atoms with E-state index < -0.39 is 0 Å². The lowest BCUT2D eigenvalue weighted by Gasteiger charge is -2.12. The number of aromatic nitrogens is 2. The topological polar surface area (TPSA) is 38.1 Å². The van der Waals surface area contributed by atoms with Crippen LogP contribution in [0.5, 0.6) is 0 Å². The van der Waals surface area contributed by atoms with Crippen molar-refractivity contribution in [3.05, 3.63) is 46.2 Å². The van der Waals surface area contributed by atoms with Crippen LogP contribution in [0.2, 0.25) is 0 Å². The minimum atomic E-state index is -0.00853. The number of likely N-dealkylation sites (N-methyl/N-ethyl adjacent to an activating group) is 1. The maximum absolute atomic E-state index is 12.7. The number of benzene rings is 1. The molecule has 0 radical (unpaired) electrons.